The van der Waals surface area contributed by atoms with Gasteiger partial charge in [0.1, 0.15) is 0 Å². The maximum absolute atomic E-state index is 10.2. The molecule has 2 nitrogen and oxygen atoms in total. The molecular formula is C17H20ClNOS. The number of aliphatic hydroxyl groups excluding tert-OH is 1. The molecule has 0 heterocycles. The Labute approximate surface area is 135 Å². The zero-order valence-electron chi connectivity index (χ0n) is 12.2. The molecule has 0 aliphatic carbocycles. The molecule has 0 radical (unpaired) electrons. The summed E-state index contributed by atoms with van der Waals surface area (Å²) < 4.78 is 0. The molecule has 0 amide bonds. The minimum atomic E-state index is -0.558. The average Bonchev–Trinajstić information content (AvgIpc) is 2.48. The van der Waals surface area contributed by atoms with E-state index in [4.69, 9.17) is 17.3 Å². The summed E-state index contributed by atoms with van der Waals surface area (Å²) in [5.74, 6) is 0.119. The Morgan fingerprint density at radius 2 is 1.67 bits per heavy atom. The molecule has 0 fully saturated rings. The summed E-state index contributed by atoms with van der Waals surface area (Å²) in [6, 6.07) is 15.3. The fourth-order valence-corrected chi connectivity index (χ4v) is 3.20. The quantitative estimate of drug-likeness (QED) is 0.851. The molecule has 2 atom stereocenters. The molecule has 4 heteroatoms. The first-order chi connectivity index (χ1) is 9.99. The van der Waals surface area contributed by atoms with Gasteiger partial charge >= 0.3 is 0 Å². The van der Waals surface area contributed by atoms with Crippen molar-refractivity contribution in [2.24, 2.45) is 11.7 Å². The van der Waals surface area contributed by atoms with Crippen LogP contribution >= 0.6 is 23.4 Å². The van der Waals surface area contributed by atoms with Crippen LogP contribution in [0.1, 0.15) is 25.5 Å². The number of nitrogens with two attached hydrogens (primary N) is 1. The number of hydrogen-bond donors (Lipinski definition) is 2. The molecule has 3 N–H and O–H groups in total. The number of rotatable bonds is 5. The first-order valence-electron chi connectivity index (χ1n) is 6.95. The van der Waals surface area contributed by atoms with Crippen LogP contribution in [-0.4, -0.2) is 11.2 Å². The Hall–Kier alpha value is -1.00. The fourth-order valence-electron chi connectivity index (χ4n) is 2.08. The Kier molecular flexibility index (Phi) is 5.71. The lowest BCUT2D eigenvalue weighted by atomic mass is 9.94. The summed E-state index contributed by atoms with van der Waals surface area (Å²) in [4.78, 5) is 2.16. The van der Waals surface area contributed by atoms with E-state index in [1.54, 1.807) is 11.8 Å². The van der Waals surface area contributed by atoms with Crippen molar-refractivity contribution in [2.45, 2.75) is 35.8 Å². The highest BCUT2D eigenvalue weighted by molar-refractivity contribution is 7.99. The van der Waals surface area contributed by atoms with Crippen molar-refractivity contribution in [3.05, 3.63) is 59.1 Å². The Morgan fingerprint density at radius 1 is 1.05 bits per heavy atom. The number of hydrogen-bond acceptors (Lipinski definition) is 3. The summed E-state index contributed by atoms with van der Waals surface area (Å²) in [5, 5.41) is 10.9. The van der Waals surface area contributed by atoms with Crippen molar-refractivity contribution < 1.29 is 5.11 Å². The summed E-state index contributed by atoms with van der Waals surface area (Å²) in [6.45, 7) is 3.94. The van der Waals surface area contributed by atoms with Gasteiger partial charge in [-0.1, -0.05) is 55.4 Å². The van der Waals surface area contributed by atoms with Gasteiger partial charge in [0.05, 0.1) is 12.1 Å². The second-order valence-corrected chi connectivity index (χ2v) is 6.91. The maximum atomic E-state index is 10.2. The van der Waals surface area contributed by atoms with Crippen molar-refractivity contribution in [2.75, 3.05) is 0 Å². The summed E-state index contributed by atoms with van der Waals surface area (Å²) >= 11 is 7.54. The topological polar surface area (TPSA) is 46.2 Å². The molecule has 21 heavy (non-hydrogen) atoms. The van der Waals surface area contributed by atoms with Crippen LogP contribution in [0.15, 0.2) is 58.3 Å². The van der Waals surface area contributed by atoms with Crippen LogP contribution < -0.4 is 5.73 Å². The zero-order chi connectivity index (χ0) is 15.4. The highest BCUT2D eigenvalue weighted by Crippen LogP contribution is 2.34. The molecule has 0 aliphatic heterocycles. The molecule has 0 spiro atoms. The van der Waals surface area contributed by atoms with E-state index < -0.39 is 6.10 Å². The minimum Gasteiger partial charge on any atom is -0.391 e. The lowest BCUT2D eigenvalue weighted by Gasteiger charge is -2.24. The third kappa shape index (κ3) is 4.24. The van der Waals surface area contributed by atoms with E-state index >= 15 is 0 Å². The zero-order valence-corrected chi connectivity index (χ0v) is 13.7. The van der Waals surface area contributed by atoms with Crippen molar-refractivity contribution in [1.82, 2.24) is 0 Å². The summed E-state index contributed by atoms with van der Waals surface area (Å²) in [6.07, 6.45) is -0.558. The van der Waals surface area contributed by atoms with E-state index in [0.29, 0.717) is 0 Å². The van der Waals surface area contributed by atoms with Crippen LogP contribution in [0.25, 0.3) is 0 Å². The second kappa shape index (κ2) is 7.32. The monoisotopic (exact) mass is 321 g/mol. The van der Waals surface area contributed by atoms with E-state index in [2.05, 4.69) is 0 Å². The highest BCUT2D eigenvalue weighted by Gasteiger charge is 2.22. The summed E-state index contributed by atoms with van der Waals surface area (Å²) in [7, 11) is 0. The van der Waals surface area contributed by atoms with E-state index in [1.165, 1.54) is 0 Å². The smallest absolute Gasteiger partial charge is 0.0756 e. The Balaban J connectivity index is 2.26. The van der Waals surface area contributed by atoms with Crippen LogP contribution in [0.4, 0.5) is 0 Å². The molecule has 0 saturated heterocycles. The first kappa shape index (κ1) is 16.4. The number of benzene rings is 2. The lowest BCUT2D eigenvalue weighted by molar-refractivity contribution is 0.0971. The molecule has 0 bridgehead atoms. The lowest BCUT2D eigenvalue weighted by Crippen LogP contribution is -2.30. The van der Waals surface area contributed by atoms with Gasteiger partial charge in [0.25, 0.3) is 0 Å². The van der Waals surface area contributed by atoms with E-state index in [9.17, 15) is 5.11 Å². The molecule has 2 rings (SSSR count). The normalized spacial score (nSPS) is 14.2. The molecule has 0 aliphatic rings. The largest absolute Gasteiger partial charge is 0.391 e. The average molecular weight is 322 g/mol. The fraction of sp³-hybridized carbons (Fsp3) is 0.294. The third-order valence-corrected chi connectivity index (χ3v) is 4.72. The minimum absolute atomic E-state index is 0.119. The van der Waals surface area contributed by atoms with Crippen molar-refractivity contribution in [3.8, 4) is 0 Å². The van der Waals surface area contributed by atoms with Crippen molar-refractivity contribution in [1.29, 1.82) is 0 Å². The van der Waals surface area contributed by atoms with Gasteiger partial charge in [-0.15, -0.1) is 0 Å². The predicted octanol–water partition coefficient (Wildman–Crippen LogP) is 4.51. The van der Waals surface area contributed by atoms with E-state index in [-0.39, 0.29) is 12.0 Å². The van der Waals surface area contributed by atoms with Gasteiger partial charge in [0.15, 0.2) is 0 Å². The van der Waals surface area contributed by atoms with Gasteiger partial charge in [-0.25, -0.2) is 0 Å². The number of aliphatic hydroxyl groups is 1. The van der Waals surface area contributed by atoms with Crippen LogP contribution in [-0.2, 0) is 0 Å². The van der Waals surface area contributed by atoms with Crippen molar-refractivity contribution in [3.63, 3.8) is 0 Å². The molecule has 0 saturated carbocycles. The Bertz CT molecular complexity index is 586. The highest BCUT2D eigenvalue weighted by atomic mass is 35.5. The van der Waals surface area contributed by atoms with Gasteiger partial charge in [0, 0.05) is 14.8 Å². The van der Waals surface area contributed by atoms with E-state index in [0.717, 1.165) is 20.4 Å². The Morgan fingerprint density at radius 3 is 2.29 bits per heavy atom. The third-order valence-electron chi connectivity index (χ3n) is 3.37. The van der Waals surface area contributed by atoms with Crippen LogP contribution in [0.5, 0.6) is 0 Å². The van der Waals surface area contributed by atoms with Crippen LogP contribution in [0.3, 0.4) is 0 Å². The SMILES string of the molecule is CC(C)[C@@H](O)[C@@H](N)c1ccccc1Sc1ccc(Cl)cc1. The van der Waals surface area contributed by atoms with E-state index in [1.807, 2.05) is 62.4 Å². The molecule has 112 valence electrons. The molecule has 0 unspecified atom stereocenters. The van der Waals surface area contributed by atoms with Gasteiger partial charge < -0.3 is 10.8 Å². The van der Waals surface area contributed by atoms with Crippen molar-refractivity contribution >= 4 is 23.4 Å². The maximum Gasteiger partial charge on any atom is 0.0756 e. The molecule has 2 aromatic rings. The number of halogens is 1. The standard InChI is InChI=1S/C17H20ClNOS/c1-11(2)17(20)16(19)14-5-3-4-6-15(14)21-13-9-7-12(18)8-10-13/h3-11,16-17,20H,19H2,1-2H3/t16-,17+/m0/s1. The van der Waals surface area contributed by atoms with Gasteiger partial charge in [-0.2, -0.15) is 0 Å². The molecule has 0 aromatic heterocycles. The van der Waals surface area contributed by atoms with Gasteiger partial charge in [0.2, 0.25) is 0 Å². The first-order valence-corrected chi connectivity index (χ1v) is 8.14. The molecular weight excluding hydrogens is 302 g/mol. The second-order valence-electron chi connectivity index (χ2n) is 5.35. The van der Waals surface area contributed by atoms with Crippen LogP contribution in [0.2, 0.25) is 5.02 Å². The molecule has 2 aromatic carbocycles. The predicted molar refractivity (Wildman–Crippen MR) is 89.8 cm³/mol. The van der Waals surface area contributed by atoms with Gasteiger partial charge in [-0.05, 0) is 41.8 Å². The van der Waals surface area contributed by atoms with Crippen LogP contribution in [0, 0.1) is 5.92 Å². The summed E-state index contributed by atoms with van der Waals surface area (Å²) in [5.41, 5.74) is 7.20. The van der Waals surface area contributed by atoms with Gasteiger partial charge in [-0.3, -0.25) is 0 Å².